The van der Waals surface area contributed by atoms with Gasteiger partial charge in [0.05, 0.1) is 12.1 Å². The average molecular weight is 360 g/mol. The number of carbonyl (C=O) groups is 1. The number of aryl methyl sites for hydroxylation is 4. The Morgan fingerprint density at radius 3 is 2.78 bits per heavy atom. The number of hydrogen-bond acceptors (Lipinski definition) is 3. The van der Waals surface area contributed by atoms with Gasteiger partial charge in [-0.2, -0.15) is 0 Å². The van der Waals surface area contributed by atoms with Crippen LogP contribution in [0, 0.1) is 0 Å². The second-order valence-corrected chi connectivity index (χ2v) is 7.06. The Kier molecular flexibility index (Phi) is 5.28. The summed E-state index contributed by atoms with van der Waals surface area (Å²) >= 11 is 0. The normalized spacial score (nSPS) is 13.2. The molecule has 0 unspecified atom stereocenters. The zero-order valence-electron chi connectivity index (χ0n) is 15.4. The third kappa shape index (κ3) is 4.61. The molecule has 3 heterocycles. The standard InChI is InChI=1S/C22H24N4O/c27-22(15-19-16-26-13-5-4-8-21(26)24-19)25-20-14-18(11-12-23-20)10-9-17-6-2-1-3-7-17/h1-3,6-7,11-12,14,16H,4-5,8-10,13,15H2,(H,23,25,27). The van der Waals surface area contributed by atoms with Gasteiger partial charge in [0, 0.05) is 25.4 Å². The van der Waals surface area contributed by atoms with Crippen molar-refractivity contribution in [1.29, 1.82) is 0 Å². The molecular weight excluding hydrogens is 336 g/mol. The van der Waals surface area contributed by atoms with E-state index in [2.05, 4.69) is 44.1 Å². The molecule has 1 N–H and O–H groups in total. The van der Waals surface area contributed by atoms with Gasteiger partial charge in [0.1, 0.15) is 11.6 Å². The van der Waals surface area contributed by atoms with E-state index in [1.165, 1.54) is 24.0 Å². The molecule has 0 radical (unpaired) electrons. The number of hydrogen-bond donors (Lipinski definition) is 1. The third-order valence-electron chi connectivity index (χ3n) is 4.94. The summed E-state index contributed by atoms with van der Waals surface area (Å²) in [5.74, 6) is 1.64. The number of amides is 1. The summed E-state index contributed by atoms with van der Waals surface area (Å²) in [6.45, 7) is 1.01. The second-order valence-electron chi connectivity index (χ2n) is 7.06. The van der Waals surface area contributed by atoms with E-state index in [1.54, 1.807) is 6.20 Å². The van der Waals surface area contributed by atoms with Gasteiger partial charge < -0.3 is 9.88 Å². The van der Waals surface area contributed by atoms with Crippen LogP contribution in [-0.4, -0.2) is 20.4 Å². The van der Waals surface area contributed by atoms with Crippen molar-refractivity contribution in [1.82, 2.24) is 14.5 Å². The summed E-state index contributed by atoms with van der Waals surface area (Å²) < 4.78 is 2.18. The molecule has 27 heavy (non-hydrogen) atoms. The highest BCUT2D eigenvalue weighted by atomic mass is 16.1. The van der Waals surface area contributed by atoms with E-state index < -0.39 is 0 Å². The molecule has 0 fully saturated rings. The maximum atomic E-state index is 12.4. The lowest BCUT2D eigenvalue weighted by atomic mass is 10.1. The van der Waals surface area contributed by atoms with Crippen LogP contribution >= 0.6 is 0 Å². The van der Waals surface area contributed by atoms with E-state index in [4.69, 9.17) is 0 Å². The van der Waals surface area contributed by atoms with Crippen LogP contribution in [0.25, 0.3) is 0 Å². The molecule has 0 aliphatic carbocycles. The lowest BCUT2D eigenvalue weighted by molar-refractivity contribution is -0.115. The topological polar surface area (TPSA) is 59.8 Å². The summed E-state index contributed by atoms with van der Waals surface area (Å²) in [5.41, 5.74) is 3.31. The van der Waals surface area contributed by atoms with Crippen molar-refractivity contribution in [3.8, 4) is 0 Å². The first-order valence-electron chi connectivity index (χ1n) is 9.60. The van der Waals surface area contributed by atoms with Crippen molar-refractivity contribution < 1.29 is 4.79 Å². The first kappa shape index (κ1) is 17.5. The fourth-order valence-corrected chi connectivity index (χ4v) is 3.54. The van der Waals surface area contributed by atoms with E-state index in [9.17, 15) is 4.79 Å². The van der Waals surface area contributed by atoms with Crippen LogP contribution in [0.1, 0.15) is 35.5 Å². The molecule has 0 spiro atoms. The number of benzene rings is 1. The van der Waals surface area contributed by atoms with E-state index in [0.29, 0.717) is 5.82 Å². The van der Waals surface area contributed by atoms with Crippen LogP contribution < -0.4 is 5.32 Å². The van der Waals surface area contributed by atoms with Crippen molar-refractivity contribution in [3.05, 3.63) is 77.5 Å². The molecule has 0 saturated heterocycles. The molecule has 1 aliphatic heterocycles. The number of rotatable bonds is 6. The van der Waals surface area contributed by atoms with Gasteiger partial charge in [-0.3, -0.25) is 4.79 Å². The molecule has 3 aromatic rings. The van der Waals surface area contributed by atoms with Crippen LogP contribution in [0.3, 0.4) is 0 Å². The van der Waals surface area contributed by atoms with Gasteiger partial charge in [0.15, 0.2) is 0 Å². The second kappa shape index (κ2) is 8.16. The molecule has 1 aromatic carbocycles. The number of anilines is 1. The van der Waals surface area contributed by atoms with Gasteiger partial charge in [-0.1, -0.05) is 30.3 Å². The Morgan fingerprint density at radius 2 is 1.93 bits per heavy atom. The van der Waals surface area contributed by atoms with Gasteiger partial charge in [-0.05, 0) is 48.9 Å². The lowest BCUT2D eigenvalue weighted by Crippen LogP contribution is -2.15. The highest BCUT2D eigenvalue weighted by Gasteiger charge is 2.14. The summed E-state index contributed by atoms with van der Waals surface area (Å²) in [4.78, 5) is 21.3. The summed E-state index contributed by atoms with van der Waals surface area (Å²) in [5, 5.41) is 2.91. The SMILES string of the molecule is O=C(Cc1cn2c(n1)CCCC2)Nc1cc(CCc2ccccc2)ccn1. The monoisotopic (exact) mass is 360 g/mol. The molecule has 138 valence electrons. The Morgan fingerprint density at radius 1 is 1.07 bits per heavy atom. The number of aromatic nitrogens is 3. The molecule has 4 rings (SSSR count). The summed E-state index contributed by atoms with van der Waals surface area (Å²) in [6.07, 6.45) is 9.32. The van der Waals surface area contributed by atoms with Crippen molar-refractivity contribution in [2.75, 3.05) is 5.32 Å². The predicted octanol–water partition coefficient (Wildman–Crippen LogP) is 3.58. The van der Waals surface area contributed by atoms with Gasteiger partial charge in [0.25, 0.3) is 0 Å². The Bertz CT molecular complexity index is 894. The summed E-state index contributed by atoms with van der Waals surface area (Å²) in [6, 6.07) is 14.4. The molecule has 1 amide bonds. The smallest absolute Gasteiger partial charge is 0.231 e. The molecule has 1 aliphatic rings. The van der Waals surface area contributed by atoms with Crippen LogP contribution in [0.15, 0.2) is 54.9 Å². The Labute approximate surface area is 159 Å². The maximum absolute atomic E-state index is 12.4. The van der Waals surface area contributed by atoms with Gasteiger partial charge in [0.2, 0.25) is 5.91 Å². The zero-order valence-corrected chi connectivity index (χ0v) is 15.4. The number of imidazole rings is 1. The number of pyridine rings is 1. The first-order valence-corrected chi connectivity index (χ1v) is 9.60. The molecule has 5 nitrogen and oxygen atoms in total. The number of nitrogens with one attached hydrogen (secondary N) is 1. The summed E-state index contributed by atoms with van der Waals surface area (Å²) in [7, 11) is 0. The molecule has 0 bridgehead atoms. The minimum Gasteiger partial charge on any atom is -0.335 e. The highest BCUT2D eigenvalue weighted by Crippen LogP contribution is 2.15. The number of fused-ring (bicyclic) bond motifs is 1. The largest absolute Gasteiger partial charge is 0.335 e. The van der Waals surface area contributed by atoms with Gasteiger partial charge >= 0.3 is 0 Å². The number of nitrogens with zero attached hydrogens (tertiary/aromatic N) is 3. The van der Waals surface area contributed by atoms with Crippen molar-refractivity contribution in [2.24, 2.45) is 0 Å². The predicted molar refractivity (Wildman–Crippen MR) is 106 cm³/mol. The first-order chi connectivity index (χ1) is 13.3. The van der Waals surface area contributed by atoms with Gasteiger partial charge in [-0.15, -0.1) is 0 Å². The maximum Gasteiger partial charge on any atom is 0.231 e. The molecule has 0 atom stereocenters. The van der Waals surface area contributed by atoms with E-state index in [0.717, 1.165) is 37.3 Å². The molecule has 5 heteroatoms. The van der Waals surface area contributed by atoms with Crippen molar-refractivity contribution in [2.45, 2.75) is 45.1 Å². The van der Waals surface area contributed by atoms with Crippen LogP contribution in [0.2, 0.25) is 0 Å². The van der Waals surface area contributed by atoms with Crippen molar-refractivity contribution >= 4 is 11.7 Å². The Hall–Kier alpha value is -2.95. The van der Waals surface area contributed by atoms with Gasteiger partial charge in [-0.25, -0.2) is 9.97 Å². The van der Waals surface area contributed by atoms with Crippen LogP contribution in [0.5, 0.6) is 0 Å². The molecular formula is C22H24N4O. The highest BCUT2D eigenvalue weighted by molar-refractivity contribution is 5.91. The molecule has 2 aromatic heterocycles. The average Bonchev–Trinajstić information content (AvgIpc) is 3.09. The van der Waals surface area contributed by atoms with E-state index in [1.807, 2.05) is 24.4 Å². The zero-order chi connectivity index (χ0) is 18.5. The minimum absolute atomic E-state index is 0.0712. The van der Waals surface area contributed by atoms with Crippen molar-refractivity contribution in [3.63, 3.8) is 0 Å². The van der Waals surface area contributed by atoms with Crippen LogP contribution in [0.4, 0.5) is 5.82 Å². The number of carbonyl (C=O) groups excluding carboxylic acids is 1. The minimum atomic E-state index is -0.0712. The van der Waals surface area contributed by atoms with E-state index in [-0.39, 0.29) is 12.3 Å². The fraction of sp³-hybridized carbons (Fsp3) is 0.318. The van der Waals surface area contributed by atoms with E-state index >= 15 is 0 Å². The lowest BCUT2D eigenvalue weighted by Gasteiger charge is -2.11. The Balaban J connectivity index is 1.34. The quantitative estimate of drug-likeness (QED) is 0.731. The third-order valence-corrected chi connectivity index (χ3v) is 4.94. The molecule has 0 saturated carbocycles. The fourth-order valence-electron chi connectivity index (χ4n) is 3.54. The van der Waals surface area contributed by atoms with Crippen LogP contribution in [-0.2, 0) is 37.0 Å².